The monoisotopic (exact) mass is 264 g/mol. The van der Waals surface area contributed by atoms with Crippen LogP contribution in [0.3, 0.4) is 0 Å². The van der Waals surface area contributed by atoms with Crippen molar-refractivity contribution < 1.29 is 0 Å². The lowest BCUT2D eigenvalue weighted by molar-refractivity contribution is 0.326. The molecule has 0 bridgehead atoms. The van der Waals surface area contributed by atoms with Crippen LogP contribution in [0.5, 0.6) is 0 Å². The Labute approximate surface area is 117 Å². The van der Waals surface area contributed by atoms with Gasteiger partial charge in [0.1, 0.15) is 0 Å². The summed E-state index contributed by atoms with van der Waals surface area (Å²) < 4.78 is 0. The zero-order valence-electron chi connectivity index (χ0n) is 11.5. The molecule has 1 unspecified atom stereocenters. The fraction of sp³-hybridized carbons (Fsp3) is 0.647. The van der Waals surface area contributed by atoms with Crippen molar-refractivity contribution in [2.75, 3.05) is 5.88 Å². The van der Waals surface area contributed by atoms with Crippen molar-refractivity contribution in [3.63, 3.8) is 0 Å². The van der Waals surface area contributed by atoms with Gasteiger partial charge in [0.15, 0.2) is 0 Å². The molecule has 1 aliphatic carbocycles. The first kappa shape index (κ1) is 13.9. The second-order valence-corrected chi connectivity index (χ2v) is 6.15. The van der Waals surface area contributed by atoms with Crippen LogP contribution >= 0.6 is 11.6 Å². The predicted octanol–water partition coefficient (Wildman–Crippen LogP) is 5.68. The first-order chi connectivity index (χ1) is 8.79. The Morgan fingerprint density at radius 1 is 1.11 bits per heavy atom. The molecule has 0 saturated heterocycles. The standard InChI is InChI=1S/C17H25Cl/c1-14-7-10-16(11-8-14)17(13-18)12-9-15-5-3-2-4-6-15/h7-8,10-11,15,17H,2-6,9,12-13H2,1H3. The Balaban J connectivity index is 1.86. The van der Waals surface area contributed by atoms with Gasteiger partial charge in [0.05, 0.1) is 0 Å². The fourth-order valence-corrected chi connectivity index (χ4v) is 3.42. The summed E-state index contributed by atoms with van der Waals surface area (Å²) in [4.78, 5) is 0. The van der Waals surface area contributed by atoms with Crippen molar-refractivity contribution in [3.8, 4) is 0 Å². The van der Waals surface area contributed by atoms with Crippen molar-refractivity contribution in [2.45, 2.75) is 57.8 Å². The van der Waals surface area contributed by atoms with Crippen LogP contribution in [0.2, 0.25) is 0 Å². The number of rotatable bonds is 5. The van der Waals surface area contributed by atoms with Gasteiger partial charge in [-0.2, -0.15) is 0 Å². The van der Waals surface area contributed by atoms with Crippen LogP contribution in [0.1, 0.15) is 62.0 Å². The van der Waals surface area contributed by atoms with E-state index in [-0.39, 0.29) is 0 Å². The van der Waals surface area contributed by atoms with E-state index in [1.54, 1.807) is 0 Å². The third kappa shape index (κ3) is 4.02. The summed E-state index contributed by atoms with van der Waals surface area (Å²) in [6.07, 6.45) is 9.86. The highest BCUT2D eigenvalue weighted by molar-refractivity contribution is 6.18. The lowest BCUT2D eigenvalue weighted by atomic mass is 9.83. The smallest absolute Gasteiger partial charge is 0.0292 e. The SMILES string of the molecule is Cc1ccc(C(CCl)CCC2CCCCC2)cc1. The van der Waals surface area contributed by atoms with Crippen molar-refractivity contribution in [3.05, 3.63) is 35.4 Å². The fourth-order valence-electron chi connectivity index (χ4n) is 3.08. The normalized spacial score (nSPS) is 18.8. The van der Waals surface area contributed by atoms with E-state index in [4.69, 9.17) is 11.6 Å². The molecule has 18 heavy (non-hydrogen) atoms. The number of hydrogen-bond donors (Lipinski definition) is 0. The molecule has 0 spiro atoms. The van der Waals surface area contributed by atoms with E-state index in [1.807, 2.05) is 0 Å². The Hall–Kier alpha value is -0.490. The number of halogens is 1. The summed E-state index contributed by atoms with van der Waals surface area (Å²) in [5.41, 5.74) is 2.76. The van der Waals surface area contributed by atoms with Crippen molar-refractivity contribution in [1.29, 1.82) is 0 Å². The Morgan fingerprint density at radius 2 is 1.78 bits per heavy atom. The predicted molar refractivity (Wildman–Crippen MR) is 80.4 cm³/mol. The maximum atomic E-state index is 6.16. The molecule has 2 rings (SSSR count). The van der Waals surface area contributed by atoms with Crippen LogP contribution in [-0.4, -0.2) is 5.88 Å². The first-order valence-electron chi connectivity index (χ1n) is 7.42. The molecule has 0 heterocycles. The first-order valence-corrected chi connectivity index (χ1v) is 7.95. The third-order valence-electron chi connectivity index (χ3n) is 4.38. The highest BCUT2D eigenvalue weighted by Gasteiger charge is 2.16. The Bertz CT molecular complexity index is 335. The highest BCUT2D eigenvalue weighted by atomic mass is 35.5. The second-order valence-electron chi connectivity index (χ2n) is 5.84. The molecular formula is C17H25Cl. The summed E-state index contributed by atoms with van der Waals surface area (Å²) in [7, 11) is 0. The molecule has 0 amide bonds. The topological polar surface area (TPSA) is 0 Å². The molecule has 0 aliphatic heterocycles. The molecule has 0 aromatic heterocycles. The van der Waals surface area contributed by atoms with Gasteiger partial charge in [-0.15, -0.1) is 11.6 Å². The van der Waals surface area contributed by atoms with Gasteiger partial charge in [0.2, 0.25) is 0 Å². The van der Waals surface area contributed by atoms with Crippen molar-refractivity contribution >= 4 is 11.6 Å². The summed E-state index contributed by atoms with van der Waals surface area (Å²) >= 11 is 6.16. The number of aryl methyl sites for hydroxylation is 1. The van der Waals surface area contributed by atoms with Gasteiger partial charge >= 0.3 is 0 Å². The van der Waals surface area contributed by atoms with Gasteiger partial charge in [-0.3, -0.25) is 0 Å². The van der Waals surface area contributed by atoms with Crippen LogP contribution < -0.4 is 0 Å². The van der Waals surface area contributed by atoms with E-state index < -0.39 is 0 Å². The highest BCUT2D eigenvalue weighted by Crippen LogP contribution is 2.31. The second kappa shape index (κ2) is 7.19. The van der Waals surface area contributed by atoms with Gasteiger partial charge in [-0.25, -0.2) is 0 Å². The summed E-state index contributed by atoms with van der Waals surface area (Å²) in [5, 5.41) is 0. The van der Waals surface area contributed by atoms with Gasteiger partial charge in [0, 0.05) is 5.88 Å². The zero-order chi connectivity index (χ0) is 12.8. The average Bonchev–Trinajstić information content (AvgIpc) is 2.42. The van der Waals surface area contributed by atoms with Crippen molar-refractivity contribution in [2.24, 2.45) is 5.92 Å². The molecule has 1 fully saturated rings. The summed E-state index contributed by atoms with van der Waals surface area (Å²) in [6.45, 7) is 2.14. The minimum absolute atomic E-state index is 0.550. The average molecular weight is 265 g/mol. The van der Waals surface area contributed by atoms with E-state index in [2.05, 4.69) is 31.2 Å². The molecule has 0 radical (unpaired) electrons. The molecule has 1 aliphatic rings. The molecular weight excluding hydrogens is 240 g/mol. The molecule has 0 N–H and O–H groups in total. The maximum absolute atomic E-state index is 6.16. The van der Waals surface area contributed by atoms with Gasteiger partial charge < -0.3 is 0 Å². The quantitative estimate of drug-likeness (QED) is 0.601. The van der Waals surface area contributed by atoms with Gasteiger partial charge in [-0.05, 0) is 37.2 Å². The lowest BCUT2D eigenvalue weighted by Crippen LogP contribution is -2.09. The molecule has 1 atom stereocenters. The summed E-state index contributed by atoms with van der Waals surface area (Å²) in [6, 6.07) is 8.91. The number of benzene rings is 1. The molecule has 0 nitrogen and oxygen atoms in total. The van der Waals surface area contributed by atoms with E-state index in [0.717, 1.165) is 11.8 Å². The Kier molecular flexibility index (Phi) is 5.56. The van der Waals surface area contributed by atoms with Gasteiger partial charge in [0.25, 0.3) is 0 Å². The lowest BCUT2D eigenvalue weighted by Gasteiger charge is -2.23. The number of alkyl halides is 1. The maximum Gasteiger partial charge on any atom is 0.0292 e. The van der Waals surface area contributed by atoms with Crippen molar-refractivity contribution in [1.82, 2.24) is 0 Å². The number of hydrogen-bond acceptors (Lipinski definition) is 0. The molecule has 1 aromatic carbocycles. The van der Waals surface area contributed by atoms with Crippen LogP contribution in [-0.2, 0) is 0 Å². The zero-order valence-corrected chi connectivity index (χ0v) is 12.3. The molecule has 1 aromatic rings. The van der Waals surface area contributed by atoms with E-state index >= 15 is 0 Å². The minimum Gasteiger partial charge on any atom is -0.126 e. The van der Waals surface area contributed by atoms with Crippen LogP contribution in [0.25, 0.3) is 0 Å². The molecule has 1 heteroatoms. The summed E-state index contributed by atoms with van der Waals surface area (Å²) in [5.74, 6) is 2.28. The van der Waals surface area contributed by atoms with Gasteiger partial charge in [-0.1, -0.05) is 61.9 Å². The van der Waals surface area contributed by atoms with Crippen LogP contribution in [0, 0.1) is 12.8 Å². The molecule has 100 valence electrons. The largest absolute Gasteiger partial charge is 0.126 e. The minimum atomic E-state index is 0.550. The third-order valence-corrected chi connectivity index (χ3v) is 4.76. The van der Waals surface area contributed by atoms with E-state index in [0.29, 0.717) is 5.92 Å². The van der Waals surface area contributed by atoms with E-state index in [9.17, 15) is 0 Å². The van der Waals surface area contributed by atoms with Crippen LogP contribution in [0.4, 0.5) is 0 Å². The van der Waals surface area contributed by atoms with Crippen LogP contribution in [0.15, 0.2) is 24.3 Å². The molecule has 1 saturated carbocycles. The van der Waals surface area contributed by atoms with E-state index in [1.165, 1.54) is 56.1 Å². The Morgan fingerprint density at radius 3 is 2.39 bits per heavy atom.